The van der Waals surface area contributed by atoms with E-state index in [0.29, 0.717) is 0 Å². The highest BCUT2D eigenvalue weighted by Crippen LogP contribution is 2.44. The van der Waals surface area contributed by atoms with Gasteiger partial charge in [0, 0.05) is 90.2 Å². The van der Waals surface area contributed by atoms with E-state index in [4.69, 9.17) is 26.5 Å². The van der Waals surface area contributed by atoms with Crippen molar-refractivity contribution in [2.75, 3.05) is 0 Å². The third-order valence-corrected chi connectivity index (χ3v) is 25.6. The van der Waals surface area contributed by atoms with Crippen LogP contribution in [0.2, 0.25) is 0 Å². The summed E-state index contributed by atoms with van der Waals surface area (Å²) < 4.78 is 39.0. The molecule has 0 aliphatic rings. The molecule has 0 amide bonds. The molecule has 0 N–H and O–H groups in total. The fourth-order valence-electron chi connectivity index (χ4n) is 17.4. The number of hydrogen-bond acceptors (Lipinski definition) is 8. The van der Waals surface area contributed by atoms with Crippen molar-refractivity contribution in [1.29, 1.82) is 0 Å². The Kier molecular flexibility index (Phi) is 18.8. The predicted octanol–water partition coefficient (Wildman–Crippen LogP) is 34.7. The van der Waals surface area contributed by atoms with Crippen molar-refractivity contribution < 1.29 is 26.5 Å². The molecular weight excluding hydrogens is 1520 g/mol. The SMILES string of the molecule is Cc1ccc2c(c1)oc1c3ccccc3ccc21.Cc1ccc2c(c1)oc1cc3ccccc3cc12.Cc1ccc2oc3c4ccccc4c4ccccc4c3c2c1.Cc1ccc2oc3c4ccccc4ccc3c2c1.Cc1ccc2oc3cc4ccccc4cc3c2c1.Cc1ccc2oc3ccc4ccccc4c3c2c1.Cc1csc2ccsc12. The van der Waals surface area contributed by atoms with Gasteiger partial charge >= 0.3 is 0 Å². The highest BCUT2D eigenvalue weighted by Gasteiger charge is 2.18. The Morgan fingerprint density at radius 1 is 0.182 bits per heavy atom. The fraction of sp³-hybridized carbons (Fsp3) is 0.0619. The van der Waals surface area contributed by atoms with Crippen LogP contribution in [-0.4, -0.2) is 0 Å². The van der Waals surface area contributed by atoms with Crippen molar-refractivity contribution in [2.45, 2.75) is 48.5 Å². The van der Waals surface area contributed by atoms with Crippen molar-refractivity contribution in [3.05, 3.63) is 395 Å². The Balaban J connectivity index is 0.0000000879. The van der Waals surface area contributed by atoms with Gasteiger partial charge in [0.1, 0.15) is 67.0 Å². The summed E-state index contributed by atoms with van der Waals surface area (Å²) in [6.07, 6.45) is 0. The zero-order chi connectivity index (χ0) is 81.5. The molecule has 0 saturated carbocycles. The van der Waals surface area contributed by atoms with Gasteiger partial charge in [-0.1, -0.05) is 259 Å². The highest BCUT2D eigenvalue weighted by molar-refractivity contribution is 7.26. The van der Waals surface area contributed by atoms with Crippen LogP contribution in [0.3, 0.4) is 0 Å². The molecular formula is C113H80O6S2. The van der Waals surface area contributed by atoms with Gasteiger partial charge < -0.3 is 26.5 Å². The lowest BCUT2D eigenvalue weighted by Gasteiger charge is -2.05. The normalized spacial score (nSPS) is 11.6. The minimum atomic E-state index is 0.960. The van der Waals surface area contributed by atoms with Gasteiger partial charge in [0.15, 0.2) is 0 Å². The van der Waals surface area contributed by atoms with E-state index in [2.05, 4.69) is 405 Å². The maximum Gasteiger partial charge on any atom is 0.143 e. The number of furan rings is 6. The maximum absolute atomic E-state index is 6.23. The van der Waals surface area contributed by atoms with Gasteiger partial charge in [-0.15, -0.1) is 22.7 Å². The number of hydrogen-bond donors (Lipinski definition) is 0. The second kappa shape index (κ2) is 30.7. The molecule has 0 radical (unpaired) electrons. The quantitative estimate of drug-likeness (QED) is 0.141. The van der Waals surface area contributed by atoms with E-state index in [-0.39, 0.29) is 0 Å². The summed E-state index contributed by atoms with van der Waals surface area (Å²) in [6.45, 7) is 14.8. The molecule has 0 atom stereocenters. The zero-order valence-electron chi connectivity index (χ0n) is 67.8. The van der Waals surface area contributed by atoms with Gasteiger partial charge in [-0.3, -0.25) is 0 Å². The van der Waals surface area contributed by atoms with Crippen molar-refractivity contribution in [3.8, 4) is 0 Å². The second-order valence-electron chi connectivity index (χ2n) is 31.8. The molecule has 27 aromatic rings. The molecule has 0 aliphatic carbocycles. The third-order valence-electron chi connectivity index (χ3n) is 23.4. The molecule has 19 aromatic carbocycles. The monoisotopic (exact) mass is 1600 g/mol. The van der Waals surface area contributed by atoms with Crippen molar-refractivity contribution in [2.24, 2.45) is 0 Å². The van der Waals surface area contributed by atoms with E-state index >= 15 is 0 Å². The third kappa shape index (κ3) is 13.8. The Hall–Kier alpha value is -14.5. The summed E-state index contributed by atoms with van der Waals surface area (Å²) in [5.74, 6) is 0. The summed E-state index contributed by atoms with van der Waals surface area (Å²) in [5.41, 5.74) is 20.6. The van der Waals surface area contributed by atoms with Gasteiger partial charge in [-0.05, 0) is 244 Å². The van der Waals surface area contributed by atoms with Gasteiger partial charge in [0.05, 0.1) is 0 Å². The minimum Gasteiger partial charge on any atom is -0.456 e. The summed E-state index contributed by atoms with van der Waals surface area (Å²) >= 11 is 3.66. The lowest BCUT2D eigenvalue weighted by Crippen LogP contribution is -1.80. The number of aryl methyl sites for hydroxylation is 7. The van der Waals surface area contributed by atoms with E-state index in [1.165, 1.54) is 188 Å². The highest BCUT2D eigenvalue weighted by atomic mass is 32.1. The Morgan fingerprint density at radius 3 is 1.07 bits per heavy atom. The molecule has 0 unspecified atom stereocenters. The number of thiophene rings is 2. The van der Waals surface area contributed by atoms with Crippen LogP contribution in [-0.2, 0) is 0 Å². The Bertz CT molecular complexity index is 8620. The van der Waals surface area contributed by atoms with Crippen LogP contribution >= 0.6 is 22.7 Å². The first-order valence-corrected chi connectivity index (χ1v) is 42.8. The average molecular weight is 1600 g/mol. The van der Waals surface area contributed by atoms with E-state index < -0.39 is 0 Å². The van der Waals surface area contributed by atoms with Crippen LogP contribution in [0.15, 0.2) is 383 Å². The topological polar surface area (TPSA) is 78.8 Å². The summed E-state index contributed by atoms with van der Waals surface area (Å²) in [6, 6.07) is 121. The molecule has 8 aromatic heterocycles. The first kappa shape index (κ1) is 74.0. The molecule has 0 fully saturated rings. The summed E-state index contributed by atoms with van der Waals surface area (Å²) in [4.78, 5) is 0. The van der Waals surface area contributed by atoms with E-state index in [0.717, 1.165) is 67.0 Å². The van der Waals surface area contributed by atoms with Gasteiger partial charge in [-0.2, -0.15) is 0 Å². The number of benzene rings is 19. The fourth-order valence-corrected chi connectivity index (χ4v) is 19.5. The first-order valence-electron chi connectivity index (χ1n) is 41.0. The zero-order valence-corrected chi connectivity index (χ0v) is 69.5. The van der Waals surface area contributed by atoms with E-state index in [1.54, 1.807) is 0 Å². The molecule has 0 spiro atoms. The van der Waals surface area contributed by atoms with Crippen LogP contribution < -0.4 is 0 Å². The second-order valence-corrected chi connectivity index (χ2v) is 33.6. The molecule has 8 heterocycles. The van der Waals surface area contributed by atoms with Crippen molar-refractivity contribution >= 4 is 239 Å². The van der Waals surface area contributed by atoms with Crippen LogP contribution in [0, 0.1) is 48.5 Å². The molecule has 580 valence electrons. The van der Waals surface area contributed by atoms with E-state index in [1.807, 2.05) is 22.7 Å². The Morgan fingerprint density at radius 2 is 0.504 bits per heavy atom. The lowest BCUT2D eigenvalue weighted by atomic mass is 9.97. The minimum absolute atomic E-state index is 0.960. The van der Waals surface area contributed by atoms with Crippen LogP contribution in [0.1, 0.15) is 38.9 Å². The van der Waals surface area contributed by atoms with Crippen LogP contribution in [0.25, 0.3) is 216 Å². The Labute approximate surface area is 704 Å². The first-order chi connectivity index (χ1) is 59.3. The average Bonchev–Trinajstić information content (AvgIpc) is 1.56. The number of rotatable bonds is 0. The van der Waals surface area contributed by atoms with Crippen LogP contribution in [0.4, 0.5) is 0 Å². The van der Waals surface area contributed by atoms with Crippen molar-refractivity contribution in [1.82, 2.24) is 0 Å². The van der Waals surface area contributed by atoms with Crippen LogP contribution in [0.5, 0.6) is 0 Å². The summed E-state index contributed by atoms with van der Waals surface area (Å²) in [5, 5.41) is 36.1. The molecule has 0 aliphatic heterocycles. The van der Waals surface area contributed by atoms with E-state index in [9.17, 15) is 0 Å². The number of fused-ring (bicyclic) bond motifs is 32. The standard InChI is InChI=1S/C21H14O.5C17H12O.C7H6S2/c1-13-10-11-19-18(12-13)20-16-8-4-2-6-14(16)15-7-3-5-9-17(15)21(20)22-19;1-11-6-9-16-15(10-11)14-8-7-12-4-2-3-5-13(12)17(14)18-16;1-11-6-8-15-14(10-11)17-13-5-3-2-4-12(13)7-9-16(17)18-15;1-11-6-8-14-15-9-7-12-4-2-3-5-13(12)17(15)18-16(14)10-11;1-11-6-7-16-14(8-11)15-9-12-4-2-3-5-13(12)10-17(15)18-16;1-11-6-7-14-15-9-12-4-2-3-5-13(12)10-17(15)18-16(14)8-11;1-5-4-9-6-2-3-8-7(5)6/h2-12H,1H3;5*2-10H,1H3;2-4H,1H3. The van der Waals surface area contributed by atoms with Crippen molar-refractivity contribution in [3.63, 3.8) is 0 Å². The molecule has 0 saturated heterocycles. The summed E-state index contributed by atoms with van der Waals surface area (Å²) in [7, 11) is 0. The predicted molar refractivity (Wildman–Crippen MR) is 518 cm³/mol. The largest absolute Gasteiger partial charge is 0.456 e. The molecule has 121 heavy (non-hydrogen) atoms. The lowest BCUT2D eigenvalue weighted by molar-refractivity contribution is 0.668. The van der Waals surface area contributed by atoms with Gasteiger partial charge in [-0.25, -0.2) is 0 Å². The smallest absolute Gasteiger partial charge is 0.143 e. The maximum atomic E-state index is 6.23. The van der Waals surface area contributed by atoms with Gasteiger partial charge in [0.2, 0.25) is 0 Å². The molecule has 27 rings (SSSR count). The molecule has 0 bridgehead atoms. The molecule has 6 nitrogen and oxygen atoms in total. The van der Waals surface area contributed by atoms with Gasteiger partial charge in [0.25, 0.3) is 0 Å². The molecule has 8 heteroatoms.